The van der Waals surface area contributed by atoms with Gasteiger partial charge in [0.05, 0.1) is 0 Å². The summed E-state index contributed by atoms with van der Waals surface area (Å²) in [5, 5.41) is 12.3. The Morgan fingerprint density at radius 2 is 0.766 bits per heavy atom. The van der Waals surface area contributed by atoms with Gasteiger partial charge in [0.25, 0.3) is 0 Å². The number of hydrogen-bond acceptors (Lipinski definition) is 1. The topological polar surface area (TPSA) is 13.1 Å². The maximum atomic E-state index is 6.17. The molecular formula is C46H28O. The molecule has 0 bridgehead atoms. The number of benzene rings is 9. The van der Waals surface area contributed by atoms with Gasteiger partial charge in [-0.1, -0.05) is 133 Å². The lowest BCUT2D eigenvalue weighted by Gasteiger charge is -2.18. The van der Waals surface area contributed by atoms with Crippen LogP contribution in [0, 0.1) is 0 Å². The summed E-state index contributed by atoms with van der Waals surface area (Å²) >= 11 is 0. The average Bonchev–Trinajstić information content (AvgIpc) is 3.49. The molecule has 1 heterocycles. The van der Waals surface area contributed by atoms with Crippen molar-refractivity contribution in [2.75, 3.05) is 0 Å². The highest BCUT2D eigenvalue weighted by atomic mass is 16.3. The fourth-order valence-corrected chi connectivity index (χ4v) is 7.60. The largest absolute Gasteiger partial charge is 0.456 e. The minimum atomic E-state index is 0.928. The van der Waals surface area contributed by atoms with Gasteiger partial charge in [0.1, 0.15) is 11.2 Å². The van der Waals surface area contributed by atoms with E-state index in [9.17, 15) is 0 Å². The van der Waals surface area contributed by atoms with Gasteiger partial charge in [-0.25, -0.2) is 0 Å². The van der Waals surface area contributed by atoms with E-state index in [-0.39, 0.29) is 0 Å². The molecule has 0 N–H and O–H groups in total. The molecule has 0 unspecified atom stereocenters. The highest BCUT2D eigenvalue weighted by Crippen LogP contribution is 2.45. The molecule has 0 atom stereocenters. The van der Waals surface area contributed by atoms with Crippen molar-refractivity contribution < 1.29 is 4.42 Å². The van der Waals surface area contributed by atoms with E-state index in [1.165, 1.54) is 76.5 Å². The number of rotatable bonds is 3. The number of hydrogen-bond donors (Lipinski definition) is 0. The molecule has 1 heteroatoms. The predicted molar refractivity (Wildman–Crippen MR) is 200 cm³/mol. The molecule has 0 saturated heterocycles. The fourth-order valence-electron chi connectivity index (χ4n) is 7.60. The first-order valence-corrected chi connectivity index (χ1v) is 16.2. The maximum Gasteiger partial charge on any atom is 0.136 e. The van der Waals surface area contributed by atoms with Crippen molar-refractivity contribution in [2.24, 2.45) is 0 Å². The minimum absolute atomic E-state index is 0.928. The fraction of sp³-hybridized carbons (Fsp3) is 0. The summed E-state index contributed by atoms with van der Waals surface area (Å²) in [6, 6.07) is 61.8. The van der Waals surface area contributed by atoms with Gasteiger partial charge in [-0.3, -0.25) is 0 Å². The highest BCUT2D eigenvalue weighted by molar-refractivity contribution is 6.22. The summed E-state index contributed by atoms with van der Waals surface area (Å²) in [4.78, 5) is 0. The molecule has 0 amide bonds. The van der Waals surface area contributed by atoms with Crippen LogP contribution in [0.15, 0.2) is 174 Å². The molecule has 0 spiro atoms. The summed E-state index contributed by atoms with van der Waals surface area (Å²) in [5.41, 5.74) is 9.28. The second-order valence-corrected chi connectivity index (χ2v) is 12.5. The summed E-state index contributed by atoms with van der Waals surface area (Å²) < 4.78 is 6.17. The lowest BCUT2D eigenvalue weighted by Crippen LogP contribution is -1.91. The Bertz CT molecular complexity index is 2800. The molecule has 0 saturated carbocycles. The predicted octanol–water partition coefficient (Wildman–Crippen LogP) is 13.2. The number of para-hydroxylation sites is 1. The van der Waals surface area contributed by atoms with E-state index in [1.54, 1.807) is 0 Å². The third-order valence-electron chi connectivity index (χ3n) is 9.79. The van der Waals surface area contributed by atoms with Gasteiger partial charge in [-0.05, 0) is 113 Å². The van der Waals surface area contributed by atoms with Crippen molar-refractivity contribution in [1.82, 2.24) is 0 Å². The van der Waals surface area contributed by atoms with Crippen molar-refractivity contribution in [1.29, 1.82) is 0 Å². The van der Waals surface area contributed by atoms with Crippen molar-refractivity contribution >= 4 is 65.0 Å². The first-order valence-electron chi connectivity index (χ1n) is 16.2. The van der Waals surface area contributed by atoms with Crippen LogP contribution in [0.3, 0.4) is 0 Å². The van der Waals surface area contributed by atoms with Crippen molar-refractivity contribution in [2.45, 2.75) is 0 Å². The van der Waals surface area contributed by atoms with E-state index in [1.807, 2.05) is 12.1 Å². The van der Waals surface area contributed by atoms with Crippen LogP contribution >= 0.6 is 0 Å². The number of fused-ring (bicyclic) bond motifs is 7. The SMILES string of the molecule is c1cc(-c2ccc3cc4oc5ccccc5c4cc3c2)cc(-c2c3ccccc3c(-c3ccc4ccccc4c3)c3ccccc23)c1. The van der Waals surface area contributed by atoms with Crippen molar-refractivity contribution in [3.8, 4) is 33.4 Å². The van der Waals surface area contributed by atoms with Gasteiger partial charge in [0, 0.05) is 10.8 Å². The molecule has 10 rings (SSSR count). The molecular weight excluding hydrogens is 569 g/mol. The second kappa shape index (κ2) is 10.2. The van der Waals surface area contributed by atoms with Crippen LogP contribution in [0.25, 0.3) is 98.4 Å². The van der Waals surface area contributed by atoms with Gasteiger partial charge in [0.15, 0.2) is 0 Å². The molecule has 218 valence electrons. The van der Waals surface area contributed by atoms with Gasteiger partial charge in [-0.2, -0.15) is 0 Å². The molecule has 0 fully saturated rings. The third-order valence-corrected chi connectivity index (χ3v) is 9.79. The molecule has 1 nitrogen and oxygen atoms in total. The zero-order valence-corrected chi connectivity index (χ0v) is 25.6. The van der Waals surface area contributed by atoms with Crippen LogP contribution < -0.4 is 0 Å². The third kappa shape index (κ3) is 4.10. The first-order chi connectivity index (χ1) is 23.3. The number of furan rings is 1. The highest BCUT2D eigenvalue weighted by Gasteiger charge is 2.17. The molecule has 47 heavy (non-hydrogen) atoms. The van der Waals surface area contributed by atoms with Crippen molar-refractivity contribution in [3.05, 3.63) is 170 Å². The van der Waals surface area contributed by atoms with Crippen LogP contribution in [0.1, 0.15) is 0 Å². The molecule has 0 aliphatic rings. The van der Waals surface area contributed by atoms with Crippen LogP contribution in [0.5, 0.6) is 0 Å². The Labute approximate surface area is 271 Å². The smallest absolute Gasteiger partial charge is 0.136 e. The molecule has 0 radical (unpaired) electrons. The van der Waals surface area contributed by atoms with Crippen molar-refractivity contribution in [3.63, 3.8) is 0 Å². The Kier molecular flexibility index (Phi) is 5.64. The summed E-state index contributed by atoms with van der Waals surface area (Å²) in [6.45, 7) is 0. The van der Waals surface area contributed by atoms with Gasteiger partial charge >= 0.3 is 0 Å². The Morgan fingerprint density at radius 3 is 1.51 bits per heavy atom. The lowest BCUT2D eigenvalue weighted by molar-refractivity contribution is 0.669. The molecule has 10 aromatic rings. The van der Waals surface area contributed by atoms with E-state index < -0.39 is 0 Å². The van der Waals surface area contributed by atoms with E-state index in [0.29, 0.717) is 0 Å². The quantitative estimate of drug-likeness (QED) is 0.185. The van der Waals surface area contributed by atoms with Gasteiger partial charge in [-0.15, -0.1) is 0 Å². The summed E-state index contributed by atoms with van der Waals surface area (Å²) in [7, 11) is 0. The minimum Gasteiger partial charge on any atom is -0.456 e. The molecule has 0 aliphatic heterocycles. The second-order valence-electron chi connectivity index (χ2n) is 12.5. The van der Waals surface area contributed by atoms with Gasteiger partial charge in [0.2, 0.25) is 0 Å². The first kappa shape index (κ1) is 26.1. The Morgan fingerprint density at radius 1 is 0.255 bits per heavy atom. The monoisotopic (exact) mass is 596 g/mol. The van der Waals surface area contributed by atoms with E-state index >= 15 is 0 Å². The summed E-state index contributed by atoms with van der Waals surface area (Å²) in [6.07, 6.45) is 0. The van der Waals surface area contributed by atoms with Crippen LogP contribution in [-0.4, -0.2) is 0 Å². The standard InChI is InChI=1S/C46H28O/c1-2-11-30-24-35(23-20-29(30)10-1)46-40-17-5-3-15-38(40)45(39-16-4-6-18-41(39)46)34-13-9-12-31(25-34)32-21-22-33-28-44-42(27-36(33)26-32)37-14-7-8-19-43(37)47-44/h1-28H. The molecule has 9 aromatic carbocycles. The zero-order chi connectivity index (χ0) is 30.9. The van der Waals surface area contributed by atoms with E-state index in [4.69, 9.17) is 4.42 Å². The maximum absolute atomic E-state index is 6.17. The van der Waals surface area contributed by atoms with Crippen LogP contribution in [-0.2, 0) is 0 Å². The zero-order valence-electron chi connectivity index (χ0n) is 25.6. The normalized spacial score (nSPS) is 11.8. The summed E-state index contributed by atoms with van der Waals surface area (Å²) in [5.74, 6) is 0. The van der Waals surface area contributed by atoms with E-state index in [2.05, 4.69) is 158 Å². The van der Waals surface area contributed by atoms with Crippen LogP contribution in [0.2, 0.25) is 0 Å². The Balaban J connectivity index is 1.17. The molecule has 1 aromatic heterocycles. The van der Waals surface area contributed by atoms with Crippen LogP contribution in [0.4, 0.5) is 0 Å². The average molecular weight is 597 g/mol. The lowest BCUT2D eigenvalue weighted by atomic mass is 9.85. The Hall–Kier alpha value is -6.18. The van der Waals surface area contributed by atoms with E-state index in [0.717, 1.165) is 21.9 Å². The van der Waals surface area contributed by atoms with Gasteiger partial charge < -0.3 is 4.42 Å². The molecule has 0 aliphatic carbocycles.